The van der Waals surface area contributed by atoms with Gasteiger partial charge in [-0.2, -0.15) is 0 Å². The summed E-state index contributed by atoms with van der Waals surface area (Å²) in [5, 5.41) is 5.86. The molecule has 0 spiro atoms. The maximum atomic E-state index is 12.2. The molecule has 5 nitrogen and oxygen atoms in total. The molecule has 1 amide bonds. The Bertz CT molecular complexity index is 841. The first-order chi connectivity index (χ1) is 12.3. The lowest BCUT2D eigenvalue weighted by atomic mass is 10.2. The Morgan fingerprint density at radius 2 is 1.76 bits per heavy atom. The van der Waals surface area contributed by atoms with E-state index >= 15 is 0 Å². The van der Waals surface area contributed by atoms with Crippen LogP contribution in [0.4, 0.5) is 5.95 Å². The summed E-state index contributed by atoms with van der Waals surface area (Å²) in [6.45, 7) is 4.40. The minimum absolute atomic E-state index is 0.149. The molecule has 0 radical (unpaired) electrons. The van der Waals surface area contributed by atoms with Crippen molar-refractivity contribution >= 4 is 11.9 Å². The molecule has 0 aliphatic heterocycles. The lowest BCUT2D eigenvalue weighted by Gasteiger charge is -2.08. The number of para-hydroxylation sites is 1. The summed E-state index contributed by atoms with van der Waals surface area (Å²) in [4.78, 5) is 16.8. The molecule has 1 aromatic heterocycles. The fourth-order valence-corrected chi connectivity index (χ4v) is 2.46. The number of hydrogen-bond acceptors (Lipinski definition) is 3. The van der Waals surface area contributed by atoms with Gasteiger partial charge in [0.25, 0.3) is 0 Å². The molecule has 1 heterocycles. The number of carbonyl (C=O) groups is 1. The standard InChI is InChI=1S/C20H20N4O/c1-2-13-21-14-19(25)23-20-22-18(16-9-5-3-6-10-16)15-24(20)17-11-7-4-8-12-17/h2-12,15,21H,1,13-14H2,(H,22,23,25). The second-order valence-electron chi connectivity index (χ2n) is 5.49. The molecular weight excluding hydrogens is 312 g/mol. The fourth-order valence-electron chi connectivity index (χ4n) is 2.46. The Labute approximate surface area is 147 Å². The van der Waals surface area contributed by atoms with E-state index in [4.69, 9.17) is 0 Å². The molecule has 0 unspecified atom stereocenters. The van der Waals surface area contributed by atoms with Crippen molar-refractivity contribution in [3.05, 3.63) is 79.5 Å². The van der Waals surface area contributed by atoms with Gasteiger partial charge < -0.3 is 5.32 Å². The molecule has 2 aromatic carbocycles. The molecule has 0 saturated heterocycles. The van der Waals surface area contributed by atoms with E-state index in [0.717, 1.165) is 16.9 Å². The summed E-state index contributed by atoms with van der Waals surface area (Å²) in [6.07, 6.45) is 3.64. The van der Waals surface area contributed by atoms with Crippen LogP contribution in [-0.2, 0) is 4.79 Å². The Kier molecular flexibility index (Phi) is 5.39. The van der Waals surface area contributed by atoms with Crippen molar-refractivity contribution in [3.8, 4) is 16.9 Å². The van der Waals surface area contributed by atoms with Crippen molar-refractivity contribution in [1.82, 2.24) is 14.9 Å². The first-order valence-corrected chi connectivity index (χ1v) is 8.09. The summed E-state index contributed by atoms with van der Waals surface area (Å²) >= 11 is 0. The molecule has 3 rings (SSSR count). The number of imidazole rings is 1. The van der Waals surface area contributed by atoms with Gasteiger partial charge in [0.1, 0.15) is 0 Å². The number of carbonyl (C=O) groups excluding carboxylic acids is 1. The van der Waals surface area contributed by atoms with Gasteiger partial charge in [-0.3, -0.25) is 14.7 Å². The molecule has 126 valence electrons. The van der Waals surface area contributed by atoms with Gasteiger partial charge in [-0.25, -0.2) is 4.98 Å². The molecule has 3 aromatic rings. The van der Waals surface area contributed by atoms with Crippen molar-refractivity contribution in [1.29, 1.82) is 0 Å². The largest absolute Gasteiger partial charge is 0.305 e. The lowest BCUT2D eigenvalue weighted by Crippen LogP contribution is -2.29. The summed E-state index contributed by atoms with van der Waals surface area (Å²) < 4.78 is 1.88. The van der Waals surface area contributed by atoms with E-state index in [2.05, 4.69) is 22.2 Å². The number of nitrogens with one attached hydrogen (secondary N) is 2. The zero-order chi connectivity index (χ0) is 17.5. The topological polar surface area (TPSA) is 59.0 Å². The summed E-state index contributed by atoms with van der Waals surface area (Å²) in [7, 11) is 0. The van der Waals surface area contributed by atoms with Crippen molar-refractivity contribution in [2.75, 3.05) is 18.4 Å². The zero-order valence-electron chi connectivity index (χ0n) is 13.9. The van der Waals surface area contributed by atoms with E-state index in [0.29, 0.717) is 12.5 Å². The first-order valence-electron chi connectivity index (χ1n) is 8.09. The van der Waals surface area contributed by atoms with Crippen molar-refractivity contribution in [2.24, 2.45) is 0 Å². The fraction of sp³-hybridized carbons (Fsp3) is 0.100. The van der Waals surface area contributed by atoms with E-state index in [1.807, 2.05) is 71.4 Å². The highest BCUT2D eigenvalue weighted by Gasteiger charge is 2.13. The van der Waals surface area contributed by atoms with Crippen LogP contribution in [0.2, 0.25) is 0 Å². The van der Waals surface area contributed by atoms with Gasteiger partial charge in [0, 0.05) is 24.0 Å². The quantitative estimate of drug-likeness (QED) is 0.516. The van der Waals surface area contributed by atoms with Crippen LogP contribution in [0, 0.1) is 0 Å². The number of aromatic nitrogens is 2. The van der Waals surface area contributed by atoms with Crippen LogP contribution in [0.5, 0.6) is 0 Å². The predicted octanol–water partition coefficient (Wildman–Crippen LogP) is 3.25. The first kappa shape index (κ1) is 16.7. The average molecular weight is 332 g/mol. The zero-order valence-corrected chi connectivity index (χ0v) is 13.9. The highest BCUT2D eigenvalue weighted by molar-refractivity contribution is 5.91. The minimum atomic E-state index is -0.149. The van der Waals surface area contributed by atoms with E-state index in [-0.39, 0.29) is 12.5 Å². The highest BCUT2D eigenvalue weighted by atomic mass is 16.2. The SMILES string of the molecule is C=CCNCC(=O)Nc1nc(-c2ccccc2)cn1-c1ccccc1. The van der Waals surface area contributed by atoms with Crippen LogP contribution in [0.15, 0.2) is 79.5 Å². The van der Waals surface area contributed by atoms with Crippen molar-refractivity contribution in [3.63, 3.8) is 0 Å². The number of rotatable bonds is 7. The molecule has 25 heavy (non-hydrogen) atoms. The summed E-state index contributed by atoms with van der Waals surface area (Å²) in [5.74, 6) is 0.347. The summed E-state index contributed by atoms with van der Waals surface area (Å²) in [6, 6.07) is 19.7. The van der Waals surface area contributed by atoms with Crippen LogP contribution < -0.4 is 10.6 Å². The maximum Gasteiger partial charge on any atom is 0.240 e. The smallest absolute Gasteiger partial charge is 0.240 e. The molecule has 0 saturated carbocycles. The van der Waals surface area contributed by atoms with Crippen LogP contribution in [0.3, 0.4) is 0 Å². The predicted molar refractivity (Wildman–Crippen MR) is 101 cm³/mol. The van der Waals surface area contributed by atoms with Crippen LogP contribution in [-0.4, -0.2) is 28.5 Å². The molecule has 0 aliphatic rings. The second kappa shape index (κ2) is 8.08. The molecule has 2 N–H and O–H groups in total. The third-order valence-electron chi connectivity index (χ3n) is 3.64. The van der Waals surface area contributed by atoms with Crippen LogP contribution in [0.25, 0.3) is 16.9 Å². The summed E-state index contributed by atoms with van der Waals surface area (Å²) in [5.41, 5.74) is 2.74. The Balaban J connectivity index is 1.91. The normalized spacial score (nSPS) is 10.4. The Morgan fingerprint density at radius 3 is 2.44 bits per heavy atom. The molecule has 5 heteroatoms. The Hall–Kier alpha value is -3.18. The number of nitrogens with zero attached hydrogens (tertiary/aromatic N) is 2. The van der Waals surface area contributed by atoms with E-state index in [9.17, 15) is 4.79 Å². The molecule has 0 aliphatic carbocycles. The van der Waals surface area contributed by atoms with Crippen LogP contribution >= 0.6 is 0 Å². The van der Waals surface area contributed by atoms with Gasteiger partial charge in [0.15, 0.2) is 0 Å². The van der Waals surface area contributed by atoms with Gasteiger partial charge in [-0.05, 0) is 12.1 Å². The van der Waals surface area contributed by atoms with E-state index in [1.165, 1.54) is 0 Å². The number of amides is 1. The van der Waals surface area contributed by atoms with Gasteiger partial charge >= 0.3 is 0 Å². The van der Waals surface area contributed by atoms with Gasteiger partial charge in [0.05, 0.1) is 12.2 Å². The average Bonchev–Trinajstić information content (AvgIpc) is 3.07. The number of benzene rings is 2. The van der Waals surface area contributed by atoms with Gasteiger partial charge in [-0.15, -0.1) is 6.58 Å². The Morgan fingerprint density at radius 1 is 1.08 bits per heavy atom. The number of hydrogen-bond donors (Lipinski definition) is 2. The monoisotopic (exact) mass is 332 g/mol. The molecule has 0 bridgehead atoms. The van der Waals surface area contributed by atoms with Crippen LogP contribution in [0.1, 0.15) is 0 Å². The lowest BCUT2D eigenvalue weighted by molar-refractivity contribution is -0.115. The minimum Gasteiger partial charge on any atom is -0.305 e. The van der Waals surface area contributed by atoms with Crippen molar-refractivity contribution in [2.45, 2.75) is 0 Å². The van der Waals surface area contributed by atoms with E-state index < -0.39 is 0 Å². The van der Waals surface area contributed by atoms with E-state index in [1.54, 1.807) is 6.08 Å². The molecule has 0 atom stereocenters. The van der Waals surface area contributed by atoms with Crippen molar-refractivity contribution < 1.29 is 4.79 Å². The number of anilines is 1. The maximum absolute atomic E-state index is 12.2. The molecular formula is C20H20N4O. The third kappa shape index (κ3) is 4.22. The van der Waals surface area contributed by atoms with Gasteiger partial charge in [0.2, 0.25) is 11.9 Å². The van der Waals surface area contributed by atoms with Gasteiger partial charge in [-0.1, -0.05) is 54.6 Å². The highest BCUT2D eigenvalue weighted by Crippen LogP contribution is 2.24. The second-order valence-corrected chi connectivity index (χ2v) is 5.49. The molecule has 0 fully saturated rings. The third-order valence-corrected chi connectivity index (χ3v) is 3.64.